The molecule has 0 spiro atoms. The third kappa shape index (κ3) is 0.945. The summed E-state index contributed by atoms with van der Waals surface area (Å²) in [6.45, 7) is 0. The number of nitrogens with one attached hydrogen (secondary N) is 1. The van der Waals surface area contributed by atoms with Gasteiger partial charge in [-0.1, -0.05) is 0 Å². The molecule has 0 amide bonds. The molecule has 10 heavy (non-hydrogen) atoms. The number of hydrogen-bond acceptors (Lipinski definition) is 4. The molecule has 4 heteroatoms. The zero-order valence-electron chi connectivity index (χ0n) is 5.36. The maximum Gasteiger partial charge on any atom is 0.250 e. The van der Waals surface area contributed by atoms with E-state index >= 15 is 0 Å². The van der Waals surface area contributed by atoms with Crippen LogP contribution in [0.4, 0.5) is 0 Å². The zero-order chi connectivity index (χ0) is 6.81. The molecule has 2 rings (SSSR count). The number of thioether (sulfide) groups is 1. The van der Waals surface area contributed by atoms with E-state index in [-0.39, 0.29) is 6.35 Å². The standard InChI is InChI=1S/C6H8N2OS/c1-3-9-6(7-1)8-2-4-10-5-8/h1-4,6-7H,5H2. The van der Waals surface area contributed by atoms with Crippen molar-refractivity contribution in [1.29, 1.82) is 0 Å². The van der Waals surface area contributed by atoms with E-state index in [1.54, 1.807) is 18.0 Å². The van der Waals surface area contributed by atoms with Gasteiger partial charge in [0.1, 0.15) is 6.26 Å². The highest BCUT2D eigenvalue weighted by Crippen LogP contribution is 2.18. The first kappa shape index (κ1) is 5.97. The van der Waals surface area contributed by atoms with Crippen LogP contribution >= 0.6 is 11.8 Å². The Morgan fingerprint density at radius 2 is 2.70 bits per heavy atom. The van der Waals surface area contributed by atoms with E-state index in [0.717, 1.165) is 5.88 Å². The molecule has 0 aromatic heterocycles. The quantitative estimate of drug-likeness (QED) is 0.608. The molecule has 0 aromatic rings. The van der Waals surface area contributed by atoms with Crippen LogP contribution in [0.15, 0.2) is 24.1 Å². The molecular weight excluding hydrogens is 148 g/mol. The van der Waals surface area contributed by atoms with Gasteiger partial charge in [-0.2, -0.15) is 0 Å². The van der Waals surface area contributed by atoms with Crippen LogP contribution in [0.2, 0.25) is 0 Å². The molecule has 0 fully saturated rings. The molecule has 0 saturated heterocycles. The monoisotopic (exact) mass is 156 g/mol. The molecule has 2 aliphatic heterocycles. The smallest absolute Gasteiger partial charge is 0.250 e. The number of hydrogen-bond donors (Lipinski definition) is 1. The molecule has 2 aliphatic rings. The van der Waals surface area contributed by atoms with Gasteiger partial charge in [0.2, 0.25) is 6.35 Å². The summed E-state index contributed by atoms with van der Waals surface area (Å²) in [4.78, 5) is 2.09. The van der Waals surface area contributed by atoms with E-state index in [2.05, 4.69) is 15.6 Å². The molecule has 1 atom stereocenters. The lowest BCUT2D eigenvalue weighted by atomic mass is 10.7. The first-order valence-corrected chi connectivity index (χ1v) is 4.12. The minimum Gasteiger partial charge on any atom is -0.458 e. The van der Waals surface area contributed by atoms with Crippen LogP contribution in [-0.2, 0) is 4.74 Å². The maximum atomic E-state index is 5.21. The van der Waals surface area contributed by atoms with Gasteiger partial charge in [0.15, 0.2) is 0 Å². The van der Waals surface area contributed by atoms with Gasteiger partial charge >= 0.3 is 0 Å². The largest absolute Gasteiger partial charge is 0.458 e. The van der Waals surface area contributed by atoms with Crippen molar-refractivity contribution >= 4 is 11.8 Å². The van der Waals surface area contributed by atoms with Crippen LogP contribution in [0.3, 0.4) is 0 Å². The van der Waals surface area contributed by atoms with Gasteiger partial charge in [0, 0.05) is 12.4 Å². The number of nitrogens with zero attached hydrogens (tertiary/aromatic N) is 1. The van der Waals surface area contributed by atoms with Crippen LogP contribution in [-0.4, -0.2) is 17.1 Å². The lowest BCUT2D eigenvalue weighted by Crippen LogP contribution is -2.37. The maximum absolute atomic E-state index is 5.21. The Hall–Kier alpha value is -0.770. The Morgan fingerprint density at radius 1 is 1.70 bits per heavy atom. The van der Waals surface area contributed by atoms with Gasteiger partial charge in [-0.15, -0.1) is 11.8 Å². The predicted molar refractivity (Wildman–Crippen MR) is 40.6 cm³/mol. The molecule has 0 radical (unpaired) electrons. The molecular formula is C6H8N2OS. The zero-order valence-corrected chi connectivity index (χ0v) is 6.17. The predicted octanol–water partition coefficient (Wildman–Crippen LogP) is 0.838. The van der Waals surface area contributed by atoms with Crippen molar-refractivity contribution in [3.05, 3.63) is 24.1 Å². The highest BCUT2D eigenvalue weighted by molar-refractivity contribution is 8.02. The van der Waals surface area contributed by atoms with Crippen LogP contribution in [0.1, 0.15) is 0 Å². The van der Waals surface area contributed by atoms with Gasteiger partial charge in [0.05, 0.1) is 5.88 Å². The van der Waals surface area contributed by atoms with Gasteiger partial charge in [-0.3, -0.25) is 0 Å². The summed E-state index contributed by atoms with van der Waals surface area (Å²) < 4.78 is 5.21. The van der Waals surface area contributed by atoms with E-state index in [1.165, 1.54) is 0 Å². The van der Waals surface area contributed by atoms with E-state index in [4.69, 9.17) is 4.74 Å². The summed E-state index contributed by atoms with van der Waals surface area (Å²) in [5.74, 6) is 0.972. The summed E-state index contributed by atoms with van der Waals surface area (Å²) >= 11 is 1.77. The lowest BCUT2D eigenvalue weighted by molar-refractivity contribution is 0.0388. The van der Waals surface area contributed by atoms with E-state index < -0.39 is 0 Å². The highest BCUT2D eigenvalue weighted by Gasteiger charge is 2.18. The Bertz CT molecular complexity index is 173. The molecule has 0 aliphatic carbocycles. The van der Waals surface area contributed by atoms with Gasteiger partial charge in [0.25, 0.3) is 0 Å². The normalized spacial score (nSPS) is 28.8. The fourth-order valence-electron chi connectivity index (χ4n) is 0.888. The van der Waals surface area contributed by atoms with E-state index in [9.17, 15) is 0 Å². The second-order valence-corrected chi connectivity index (χ2v) is 2.92. The first-order valence-electron chi connectivity index (χ1n) is 3.07. The third-order valence-electron chi connectivity index (χ3n) is 1.39. The molecule has 0 saturated carbocycles. The number of ether oxygens (including phenoxy) is 1. The molecule has 0 aromatic carbocycles. The van der Waals surface area contributed by atoms with Crippen LogP contribution < -0.4 is 5.32 Å². The molecule has 1 unspecified atom stereocenters. The van der Waals surface area contributed by atoms with E-state index in [0.29, 0.717) is 0 Å². The third-order valence-corrected chi connectivity index (χ3v) is 2.15. The van der Waals surface area contributed by atoms with Crippen LogP contribution in [0, 0.1) is 0 Å². The fourth-order valence-corrected chi connectivity index (χ4v) is 1.61. The second kappa shape index (κ2) is 2.46. The fraction of sp³-hybridized carbons (Fsp3) is 0.333. The average Bonchev–Trinajstić information content (AvgIpc) is 2.59. The Balaban J connectivity index is 1.93. The van der Waals surface area contributed by atoms with Crippen molar-refractivity contribution < 1.29 is 4.74 Å². The minimum absolute atomic E-state index is 0.0197. The average molecular weight is 156 g/mol. The second-order valence-electron chi connectivity index (χ2n) is 2.05. The molecule has 0 bridgehead atoms. The highest BCUT2D eigenvalue weighted by atomic mass is 32.2. The molecule has 2 heterocycles. The topological polar surface area (TPSA) is 24.5 Å². The van der Waals surface area contributed by atoms with Crippen molar-refractivity contribution in [2.75, 3.05) is 5.88 Å². The van der Waals surface area contributed by atoms with Crippen molar-refractivity contribution in [2.45, 2.75) is 6.35 Å². The number of rotatable bonds is 1. The summed E-state index contributed by atoms with van der Waals surface area (Å²) in [5, 5.41) is 5.12. The molecule has 54 valence electrons. The molecule has 3 nitrogen and oxygen atoms in total. The van der Waals surface area contributed by atoms with E-state index in [1.807, 2.05) is 12.4 Å². The summed E-state index contributed by atoms with van der Waals surface area (Å²) in [5.41, 5.74) is 0. The van der Waals surface area contributed by atoms with Gasteiger partial charge in [-0.25, -0.2) is 0 Å². The Labute approximate surface area is 63.7 Å². The summed E-state index contributed by atoms with van der Waals surface area (Å²) in [7, 11) is 0. The van der Waals surface area contributed by atoms with Crippen molar-refractivity contribution in [3.8, 4) is 0 Å². The SMILES string of the molecule is C1=COC(N2C=CSC2)N1. The first-order chi connectivity index (χ1) is 4.97. The van der Waals surface area contributed by atoms with Gasteiger partial charge < -0.3 is 15.0 Å². The van der Waals surface area contributed by atoms with Crippen LogP contribution in [0.25, 0.3) is 0 Å². The molecule has 1 N–H and O–H groups in total. The van der Waals surface area contributed by atoms with Crippen molar-refractivity contribution in [2.24, 2.45) is 0 Å². The summed E-state index contributed by atoms with van der Waals surface area (Å²) in [6, 6.07) is 0. The Kier molecular flexibility index (Phi) is 1.47. The van der Waals surface area contributed by atoms with Crippen molar-refractivity contribution in [3.63, 3.8) is 0 Å². The minimum atomic E-state index is 0.0197. The van der Waals surface area contributed by atoms with Crippen LogP contribution in [0.5, 0.6) is 0 Å². The summed E-state index contributed by atoms with van der Waals surface area (Å²) in [6.07, 6.45) is 5.52. The van der Waals surface area contributed by atoms with Gasteiger partial charge in [-0.05, 0) is 5.41 Å². The lowest BCUT2D eigenvalue weighted by Gasteiger charge is -2.21. The Morgan fingerprint density at radius 3 is 3.30 bits per heavy atom. The van der Waals surface area contributed by atoms with Crippen molar-refractivity contribution in [1.82, 2.24) is 10.2 Å².